The summed E-state index contributed by atoms with van der Waals surface area (Å²) in [5.74, 6) is 1.10. The molecule has 2 aromatic heterocycles. The van der Waals surface area contributed by atoms with E-state index in [0.717, 1.165) is 24.6 Å². The number of anilines is 3. The van der Waals surface area contributed by atoms with Crippen LogP contribution in [0.3, 0.4) is 0 Å². The van der Waals surface area contributed by atoms with E-state index >= 15 is 0 Å². The first-order valence-corrected chi connectivity index (χ1v) is 8.96. The standard InChI is InChI=1S/C18H21F2N7O/c1-27-15-13(9-23-27)14(24-11-3-5-12(6-4-11)28-16(19)20)25-17(26-15)22-10-18(21)7-2-8-18/h3-6,9,16H,2,7-8,10,21H2,1H3,(H2,22,24,25,26). The molecular weight excluding hydrogens is 368 g/mol. The molecule has 1 fully saturated rings. The van der Waals surface area contributed by atoms with Gasteiger partial charge in [-0.15, -0.1) is 0 Å². The summed E-state index contributed by atoms with van der Waals surface area (Å²) in [6, 6.07) is 6.20. The Morgan fingerprint density at radius 1 is 1.25 bits per heavy atom. The normalized spacial score (nSPS) is 15.5. The minimum atomic E-state index is -2.86. The van der Waals surface area contributed by atoms with Gasteiger partial charge in [-0.25, -0.2) is 0 Å². The maximum absolute atomic E-state index is 12.3. The zero-order valence-electron chi connectivity index (χ0n) is 15.3. The summed E-state index contributed by atoms with van der Waals surface area (Å²) < 4.78 is 30.6. The molecule has 0 unspecified atom stereocenters. The Labute approximate surface area is 160 Å². The highest BCUT2D eigenvalue weighted by atomic mass is 19.3. The molecule has 10 heteroatoms. The average molecular weight is 389 g/mol. The van der Waals surface area contributed by atoms with Gasteiger partial charge in [0.1, 0.15) is 11.6 Å². The first-order chi connectivity index (χ1) is 13.4. The van der Waals surface area contributed by atoms with Crippen molar-refractivity contribution in [2.45, 2.75) is 31.4 Å². The molecule has 0 radical (unpaired) electrons. The van der Waals surface area contributed by atoms with E-state index in [2.05, 4.69) is 30.4 Å². The Kier molecular flexibility index (Phi) is 4.71. The number of halogens is 2. The zero-order chi connectivity index (χ0) is 19.7. The number of alkyl halides is 2. The lowest BCUT2D eigenvalue weighted by molar-refractivity contribution is -0.0498. The summed E-state index contributed by atoms with van der Waals surface area (Å²) in [5, 5.41) is 11.4. The van der Waals surface area contributed by atoms with Crippen molar-refractivity contribution in [3.63, 3.8) is 0 Å². The maximum Gasteiger partial charge on any atom is 0.387 e. The van der Waals surface area contributed by atoms with Gasteiger partial charge in [0.05, 0.1) is 11.6 Å². The Hall–Kier alpha value is -3.01. The summed E-state index contributed by atoms with van der Waals surface area (Å²) in [5.41, 5.74) is 7.39. The highest BCUT2D eigenvalue weighted by molar-refractivity contribution is 5.89. The number of hydrogen-bond donors (Lipinski definition) is 3. The molecule has 3 aromatic rings. The van der Waals surface area contributed by atoms with Crippen molar-refractivity contribution in [2.24, 2.45) is 12.8 Å². The molecule has 4 N–H and O–H groups in total. The number of nitrogens with zero attached hydrogens (tertiary/aromatic N) is 4. The molecule has 2 heterocycles. The molecule has 1 saturated carbocycles. The number of ether oxygens (including phenoxy) is 1. The molecule has 1 aliphatic rings. The molecule has 4 rings (SSSR count). The second-order valence-electron chi connectivity index (χ2n) is 7.00. The highest BCUT2D eigenvalue weighted by Gasteiger charge is 2.32. The van der Waals surface area contributed by atoms with Gasteiger partial charge >= 0.3 is 6.61 Å². The van der Waals surface area contributed by atoms with Gasteiger partial charge in [0, 0.05) is 24.8 Å². The monoisotopic (exact) mass is 389 g/mol. The van der Waals surface area contributed by atoms with Gasteiger partial charge in [0.25, 0.3) is 0 Å². The maximum atomic E-state index is 12.3. The van der Waals surface area contributed by atoms with E-state index in [1.54, 1.807) is 30.1 Å². The molecule has 0 aliphatic heterocycles. The fourth-order valence-corrected chi connectivity index (χ4v) is 3.12. The minimum absolute atomic E-state index is 0.0888. The van der Waals surface area contributed by atoms with Crippen molar-refractivity contribution in [2.75, 3.05) is 17.2 Å². The molecule has 0 bridgehead atoms. The van der Waals surface area contributed by atoms with Crippen LogP contribution in [-0.2, 0) is 7.05 Å². The van der Waals surface area contributed by atoms with Crippen molar-refractivity contribution < 1.29 is 13.5 Å². The smallest absolute Gasteiger partial charge is 0.387 e. The van der Waals surface area contributed by atoms with E-state index in [1.807, 2.05) is 0 Å². The molecule has 1 aliphatic carbocycles. The largest absolute Gasteiger partial charge is 0.435 e. The number of rotatable bonds is 7. The highest BCUT2D eigenvalue weighted by Crippen LogP contribution is 2.30. The number of aryl methyl sites for hydroxylation is 1. The summed E-state index contributed by atoms with van der Waals surface area (Å²) in [7, 11) is 1.80. The van der Waals surface area contributed by atoms with E-state index in [-0.39, 0.29) is 11.3 Å². The third-order valence-electron chi connectivity index (χ3n) is 4.88. The fourth-order valence-electron chi connectivity index (χ4n) is 3.12. The Morgan fingerprint density at radius 2 is 2.00 bits per heavy atom. The lowest BCUT2D eigenvalue weighted by Crippen LogP contribution is -2.52. The Morgan fingerprint density at radius 3 is 2.64 bits per heavy atom. The predicted octanol–water partition coefficient (Wildman–Crippen LogP) is 3.00. The van der Waals surface area contributed by atoms with Crippen molar-refractivity contribution in [3.05, 3.63) is 30.5 Å². The van der Waals surface area contributed by atoms with E-state index in [1.165, 1.54) is 12.1 Å². The summed E-state index contributed by atoms with van der Waals surface area (Å²) >= 11 is 0. The molecule has 0 saturated heterocycles. The van der Waals surface area contributed by atoms with Gasteiger partial charge < -0.3 is 21.1 Å². The molecule has 8 nitrogen and oxygen atoms in total. The predicted molar refractivity (Wildman–Crippen MR) is 102 cm³/mol. The van der Waals surface area contributed by atoms with Crippen LogP contribution in [0.2, 0.25) is 0 Å². The van der Waals surface area contributed by atoms with Crippen molar-refractivity contribution in [3.8, 4) is 5.75 Å². The molecule has 28 heavy (non-hydrogen) atoms. The van der Waals surface area contributed by atoms with E-state index in [0.29, 0.717) is 29.6 Å². The van der Waals surface area contributed by atoms with Gasteiger partial charge in [0.2, 0.25) is 5.95 Å². The van der Waals surface area contributed by atoms with Crippen LogP contribution in [0.25, 0.3) is 11.0 Å². The second kappa shape index (κ2) is 7.19. The number of aromatic nitrogens is 4. The molecular formula is C18H21F2N7O. The number of nitrogens with two attached hydrogens (primary N) is 1. The fraction of sp³-hybridized carbons (Fsp3) is 0.389. The first-order valence-electron chi connectivity index (χ1n) is 8.96. The van der Waals surface area contributed by atoms with Crippen molar-refractivity contribution in [1.29, 1.82) is 0 Å². The van der Waals surface area contributed by atoms with Crippen LogP contribution in [0.15, 0.2) is 30.5 Å². The third-order valence-corrected chi connectivity index (χ3v) is 4.88. The Balaban J connectivity index is 1.58. The van der Waals surface area contributed by atoms with Gasteiger partial charge in [0.15, 0.2) is 5.65 Å². The van der Waals surface area contributed by atoms with Gasteiger partial charge in [-0.05, 0) is 43.5 Å². The van der Waals surface area contributed by atoms with Crippen LogP contribution < -0.4 is 21.1 Å². The van der Waals surface area contributed by atoms with Crippen LogP contribution >= 0.6 is 0 Å². The second-order valence-corrected chi connectivity index (χ2v) is 7.00. The van der Waals surface area contributed by atoms with Crippen LogP contribution in [-0.4, -0.2) is 38.4 Å². The third kappa shape index (κ3) is 3.81. The van der Waals surface area contributed by atoms with Gasteiger partial charge in [-0.3, -0.25) is 4.68 Å². The minimum Gasteiger partial charge on any atom is -0.435 e. The molecule has 0 atom stereocenters. The van der Waals surface area contributed by atoms with Crippen LogP contribution in [0, 0.1) is 0 Å². The molecule has 0 amide bonds. The summed E-state index contributed by atoms with van der Waals surface area (Å²) in [6.07, 6.45) is 4.77. The van der Waals surface area contributed by atoms with Crippen molar-refractivity contribution in [1.82, 2.24) is 19.7 Å². The molecule has 1 aromatic carbocycles. The number of hydrogen-bond acceptors (Lipinski definition) is 7. The van der Waals surface area contributed by atoms with Crippen LogP contribution in [0.4, 0.5) is 26.2 Å². The van der Waals surface area contributed by atoms with Crippen LogP contribution in [0.5, 0.6) is 5.75 Å². The van der Waals surface area contributed by atoms with E-state index in [9.17, 15) is 8.78 Å². The quantitative estimate of drug-likeness (QED) is 0.571. The SMILES string of the molecule is Cn1ncc2c(Nc3ccc(OC(F)F)cc3)nc(NCC3(N)CCC3)nc21. The lowest BCUT2D eigenvalue weighted by atomic mass is 9.78. The van der Waals surface area contributed by atoms with E-state index in [4.69, 9.17) is 5.73 Å². The Bertz CT molecular complexity index is 970. The van der Waals surface area contributed by atoms with E-state index < -0.39 is 6.61 Å². The summed E-state index contributed by atoms with van der Waals surface area (Å²) in [4.78, 5) is 9.07. The number of fused-ring (bicyclic) bond motifs is 1. The average Bonchev–Trinajstić information content (AvgIpc) is 3.01. The van der Waals surface area contributed by atoms with Gasteiger partial charge in [-0.2, -0.15) is 23.8 Å². The zero-order valence-corrected chi connectivity index (χ0v) is 15.3. The molecule has 148 valence electrons. The molecule has 0 spiro atoms. The summed E-state index contributed by atoms with van der Waals surface area (Å²) in [6.45, 7) is -2.26. The van der Waals surface area contributed by atoms with Gasteiger partial charge in [-0.1, -0.05) is 0 Å². The van der Waals surface area contributed by atoms with Crippen molar-refractivity contribution >= 4 is 28.5 Å². The number of nitrogens with one attached hydrogen (secondary N) is 2. The number of benzene rings is 1. The first kappa shape index (κ1) is 18.4. The topological polar surface area (TPSA) is 103 Å². The van der Waals surface area contributed by atoms with Crippen LogP contribution in [0.1, 0.15) is 19.3 Å². The lowest BCUT2D eigenvalue weighted by Gasteiger charge is -2.38.